The van der Waals surface area contributed by atoms with Gasteiger partial charge in [-0.15, -0.1) is 0 Å². The van der Waals surface area contributed by atoms with Gasteiger partial charge >= 0.3 is 11.9 Å². The van der Waals surface area contributed by atoms with Crippen molar-refractivity contribution < 1.29 is 38.1 Å². The minimum absolute atomic E-state index is 0.00341. The Kier molecular flexibility index (Phi) is 6.93. The molecule has 0 N–H and O–H groups in total. The molecule has 2 amide bonds. The first-order valence-corrected chi connectivity index (χ1v) is 11.0. The summed E-state index contributed by atoms with van der Waals surface area (Å²) in [5.74, 6) is -2.56. The molecule has 9 nitrogen and oxygen atoms in total. The molecule has 172 valence electrons. The molecule has 0 radical (unpaired) electrons. The number of imide groups is 1. The van der Waals surface area contributed by atoms with Crippen LogP contribution in [0, 0.1) is 17.3 Å². The van der Waals surface area contributed by atoms with Crippen molar-refractivity contribution in [2.75, 3.05) is 33.5 Å². The predicted molar refractivity (Wildman–Crippen MR) is 111 cm³/mol. The van der Waals surface area contributed by atoms with Crippen molar-refractivity contribution in [3.63, 3.8) is 0 Å². The summed E-state index contributed by atoms with van der Waals surface area (Å²) in [4.78, 5) is 51.3. The minimum atomic E-state index is -1.09. The van der Waals surface area contributed by atoms with Gasteiger partial charge in [0, 0.05) is 7.11 Å². The van der Waals surface area contributed by atoms with Crippen LogP contribution in [0.2, 0.25) is 0 Å². The van der Waals surface area contributed by atoms with Crippen molar-refractivity contribution in [2.24, 2.45) is 17.3 Å². The highest BCUT2D eigenvalue weighted by Crippen LogP contribution is 2.45. The van der Waals surface area contributed by atoms with E-state index in [-0.39, 0.29) is 56.8 Å². The third-order valence-electron chi connectivity index (χ3n) is 5.82. The molecule has 0 aliphatic carbocycles. The maximum Gasteiger partial charge on any atom is 0.322 e. The van der Waals surface area contributed by atoms with E-state index < -0.39 is 33.5 Å². The van der Waals surface area contributed by atoms with E-state index in [2.05, 4.69) is 15.9 Å². The van der Waals surface area contributed by atoms with Crippen molar-refractivity contribution in [3.05, 3.63) is 12.2 Å². The summed E-state index contributed by atoms with van der Waals surface area (Å²) < 4.78 is 19.9. The van der Waals surface area contributed by atoms with Gasteiger partial charge in [-0.05, 0) is 27.2 Å². The number of alkyl halides is 1. The lowest BCUT2D eigenvalue weighted by Gasteiger charge is -2.30. The van der Waals surface area contributed by atoms with Crippen LogP contribution in [0.25, 0.3) is 0 Å². The summed E-state index contributed by atoms with van der Waals surface area (Å²) in [5.41, 5.74) is -1.01. The van der Waals surface area contributed by atoms with Gasteiger partial charge in [0.15, 0.2) is 0 Å². The molecule has 0 spiro atoms. The summed E-state index contributed by atoms with van der Waals surface area (Å²) in [5, 5.41) is 0. The van der Waals surface area contributed by atoms with E-state index in [1.807, 2.05) is 12.2 Å². The molecule has 1 unspecified atom stereocenters. The van der Waals surface area contributed by atoms with Crippen LogP contribution in [0.5, 0.6) is 0 Å². The van der Waals surface area contributed by atoms with Crippen molar-refractivity contribution >= 4 is 39.7 Å². The SMILES string of the molecule is COCCOC(=O)C(C)(Br)CC(C)(C)C(=O)OCCN1C(=O)[C@@H]2[C@H](C1=O)[C@@H]1C=C[C@H]2O1. The van der Waals surface area contributed by atoms with Gasteiger partial charge in [0.25, 0.3) is 0 Å². The first-order chi connectivity index (χ1) is 14.5. The Balaban J connectivity index is 1.49. The van der Waals surface area contributed by atoms with E-state index in [4.69, 9.17) is 18.9 Å². The number of carbonyl (C=O) groups is 4. The zero-order valence-corrected chi connectivity index (χ0v) is 19.7. The average molecular weight is 502 g/mol. The standard InChI is InChI=1S/C21H28BrNO8/c1-20(2,11-21(3,22)19(27)30-10-9-28-4)18(26)29-8-7-23-16(24)14-12-5-6-13(31-12)15(14)17(23)25/h5-6,12-15H,7-11H2,1-4H3/t12-,13+,14+,15-,21?. The van der Waals surface area contributed by atoms with Crippen molar-refractivity contribution in [1.82, 2.24) is 4.90 Å². The molecule has 0 aromatic carbocycles. The van der Waals surface area contributed by atoms with E-state index >= 15 is 0 Å². The Labute approximate surface area is 189 Å². The molecule has 3 aliphatic rings. The number of amides is 2. The molecule has 2 fully saturated rings. The van der Waals surface area contributed by atoms with Crippen LogP contribution in [0.3, 0.4) is 0 Å². The second-order valence-electron chi connectivity index (χ2n) is 8.85. The summed E-state index contributed by atoms with van der Waals surface area (Å²) in [7, 11) is 1.50. The molecule has 3 rings (SSSR count). The quantitative estimate of drug-likeness (QED) is 0.144. The average Bonchev–Trinajstić information content (AvgIpc) is 3.36. The second-order valence-corrected chi connectivity index (χ2v) is 10.6. The lowest BCUT2D eigenvalue weighted by molar-refractivity contribution is -0.159. The van der Waals surface area contributed by atoms with Crippen LogP contribution in [0.1, 0.15) is 27.2 Å². The number of halogens is 1. The molecule has 10 heteroatoms. The normalized spacial score (nSPS) is 28.6. The topological polar surface area (TPSA) is 108 Å². The number of fused-ring (bicyclic) bond motifs is 5. The highest BCUT2D eigenvalue weighted by atomic mass is 79.9. The highest BCUT2D eigenvalue weighted by Gasteiger charge is 2.60. The first kappa shape index (κ1) is 23.9. The molecule has 5 atom stereocenters. The molecule has 0 aromatic heterocycles. The van der Waals surface area contributed by atoms with E-state index in [9.17, 15) is 19.2 Å². The van der Waals surface area contributed by atoms with Gasteiger partial charge in [0.1, 0.15) is 17.5 Å². The third-order valence-corrected chi connectivity index (χ3v) is 6.43. The number of esters is 2. The summed E-state index contributed by atoms with van der Waals surface area (Å²) >= 11 is 3.35. The maximum absolute atomic E-state index is 12.6. The number of carbonyl (C=O) groups excluding carboxylic acids is 4. The van der Waals surface area contributed by atoms with E-state index in [0.717, 1.165) is 4.90 Å². The lowest BCUT2D eigenvalue weighted by Crippen LogP contribution is -2.41. The fraction of sp³-hybridized carbons (Fsp3) is 0.714. The van der Waals surface area contributed by atoms with Crippen LogP contribution < -0.4 is 0 Å². The second kappa shape index (κ2) is 8.99. The maximum atomic E-state index is 12.6. The molecule has 3 heterocycles. The van der Waals surface area contributed by atoms with Crippen LogP contribution in [-0.4, -0.2) is 78.7 Å². The zero-order chi connectivity index (χ0) is 23.0. The number of ether oxygens (including phenoxy) is 4. The summed E-state index contributed by atoms with van der Waals surface area (Å²) in [6.45, 7) is 5.23. The number of likely N-dealkylation sites (tertiary alicyclic amines) is 1. The number of hydrogen-bond donors (Lipinski definition) is 0. The molecule has 0 aromatic rings. The fourth-order valence-electron chi connectivity index (χ4n) is 4.35. The van der Waals surface area contributed by atoms with Gasteiger partial charge in [-0.25, -0.2) is 0 Å². The van der Waals surface area contributed by atoms with Gasteiger partial charge < -0.3 is 18.9 Å². The van der Waals surface area contributed by atoms with Gasteiger partial charge in [0.2, 0.25) is 11.8 Å². The van der Waals surface area contributed by atoms with Crippen molar-refractivity contribution in [2.45, 2.75) is 43.7 Å². The Morgan fingerprint density at radius 3 is 2.10 bits per heavy atom. The molecule has 31 heavy (non-hydrogen) atoms. The van der Waals surface area contributed by atoms with E-state index in [1.165, 1.54) is 7.11 Å². The van der Waals surface area contributed by atoms with E-state index in [1.54, 1.807) is 20.8 Å². The van der Waals surface area contributed by atoms with Crippen molar-refractivity contribution in [1.29, 1.82) is 0 Å². The molecule has 2 saturated heterocycles. The lowest BCUT2D eigenvalue weighted by atomic mass is 9.83. The van der Waals surface area contributed by atoms with Gasteiger partial charge in [-0.3, -0.25) is 24.1 Å². The van der Waals surface area contributed by atoms with Gasteiger partial charge in [-0.1, -0.05) is 28.1 Å². The van der Waals surface area contributed by atoms with Crippen LogP contribution in [0.4, 0.5) is 0 Å². The monoisotopic (exact) mass is 501 g/mol. The number of nitrogens with zero attached hydrogens (tertiary/aromatic N) is 1. The highest BCUT2D eigenvalue weighted by molar-refractivity contribution is 9.10. The Morgan fingerprint density at radius 1 is 1.00 bits per heavy atom. The number of methoxy groups -OCH3 is 1. The Hall–Kier alpha value is -1.78. The van der Waals surface area contributed by atoms with Gasteiger partial charge in [-0.2, -0.15) is 0 Å². The Bertz CT molecular complexity index is 762. The van der Waals surface area contributed by atoms with Crippen LogP contribution in [-0.2, 0) is 38.1 Å². The molecular formula is C21H28BrNO8. The van der Waals surface area contributed by atoms with E-state index in [0.29, 0.717) is 0 Å². The minimum Gasteiger partial charge on any atom is -0.463 e. The predicted octanol–water partition coefficient (Wildman–Crippen LogP) is 1.23. The Morgan fingerprint density at radius 2 is 1.55 bits per heavy atom. The third kappa shape index (κ3) is 4.70. The molecule has 0 saturated carbocycles. The number of rotatable bonds is 10. The summed E-state index contributed by atoms with van der Waals surface area (Å²) in [6, 6.07) is 0. The van der Waals surface area contributed by atoms with Crippen LogP contribution >= 0.6 is 15.9 Å². The first-order valence-electron chi connectivity index (χ1n) is 10.2. The van der Waals surface area contributed by atoms with Gasteiger partial charge in [0.05, 0.1) is 42.6 Å². The largest absolute Gasteiger partial charge is 0.463 e. The fourth-order valence-corrected chi connectivity index (χ4v) is 5.17. The molecule has 3 aliphatic heterocycles. The molecular weight excluding hydrogens is 474 g/mol. The number of hydrogen-bond acceptors (Lipinski definition) is 8. The van der Waals surface area contributed by atoms with Crippen molar-refractivity contribution in [3.8, 4) is 0 Å². The zero-order valence-electron chi connectivity index (χ0n) is 18.1. The van der Waals surface area contributed by atoms with Crippen LogP contribution in [0.15, 0.2) is 12.2 Å². The molecule has 2 bridgehead atoms. The smallest absolute Gasteiger partial charge is 0.322 e. The summed E-state index contributed by atoms with van der Waals surface area (Å²) in [6.07, 6.45) is 3.07.